The predicted molar refractivity (Wildman–Crippen MR) is 251 cm³/mol. The monoisotopic (exact) mass is 807 g/mol. The molecule has 1 aromatic heterocycles. The number of nitrogens with zero attached hydrogens (tertiary/aromatic N) is 3. The molecular weight excluding hydrogens is 771 g/mol. The lowest BCUT2D eigenvalue weighted by Crippen LogP contribution is -2.28. The molecule has 5 nitrogen and oxygen atoms in total. The van der Waals surface area contributed by atoms with Crippen LogP contribution in [0.1, 0.15) is 22.3 Å². The lowest BCUT2D eigenvalue weighted by atomic mass is 9.67. The first-order chi connectivity index (χ1) is 31.2. The van der Waals surface area contributed by atoms with Gasteiger partial charge in [-0.25, -0.2) is 15.0 Å². The summed E-state index contributed by atoms with van der Waals surface area (Å²) in [7, 11) is 0. The first-order valence-electron chi connectivity index (χ1n) is 21.2. The van der Waals surface area contributed by atoms with E-state index in [1.165, 1.54) is 27.8 Å². The summed E-state index contributed by atoms with van der Waals surface area (Å²) in [5.41, 5.74) is 14.0. The molecular formula is C58H37N3O2. The van der Waals surface area contributed by atoms with Crippen LogP contribution in [0.25, 0.3) is 67.5 Å². The van der Waals surface area contributed by atoms with Crippen LogP contribution in [0.5, 0.6) is 23.0 Å². The molecule has 0 fully saturated rings. The number of fused-ring (bicyclic) bond motifs is 5. The Bertz CT molecular complexity index is 3230. The Hall–Kier alpha value is -8.41. The molecule has 1 aliphatic carbocycles. The van der Waals surface area contributed by atoms with E-state index >= 15 is 0 Å². The van der Waals surface area contributed by atoms with Gasteiger partial charge in [-0.3, -0.25) is 0 Å². The van der Waals surface area contributed by atoms with E-state index in [1.54, 1.807) is 0 Å². The number of hydrogen-bond donors (Lipinski definition) is 0. The van der Waals surface area contributed by atoms with Gasteiger partial charge in [-0.2, -0.15) is 0 Å². The minimum absolute atomic E-state index is 0.590. The van der Waals surface area contributed by atoms with Gasteiger partial charge in [0.25, 0.3) is 0 Å². The van der Waals surface area contributed by atoms with Gasteiger partial charge in [0.2, 0.25) is 0 Å². The summed E-state index contributed by atoms with van der Waals surface area (Å²) >= 11 is 0. The number of para-hydroxylation sites is 2. The van der Waals surface area contributed by atoms with Crippen LogP contribution >= 0.6 is 0 Å². The van der Waals surface area contributed by atoms with E-state index in [0.717, 1.165) is 50.3 Å². The second kappa shape index (κ2) is 14.9. The van der Waals surface area contributed by atoms with Gasteiger partial charge in [-0.1, -0.05) is 194 Å². The molecule has 0 amide bonds. The Morgan fingerprint density at radius 3 is 1.22 bits per heavy atom. The molecule has 296 valence electrons. The van der Waals surface area contributed by atoms with Crippen molar-refractivity contribution in [3.8, 4) is 90.5 Å². The molecule has 2 aliphatic rings. The molecule has 0 atom stereocenters. The Balaban J connectivity index is 0.898. The maximum Gasteiger partial charge on any atom is 0.170 e. The molecule has 0 spiro atoms. The summed E-state index contributed by atoms with van der Waals surface area (Å²) in [6.07, 6.45) is 0. The lowest BCUT2D eigenvalue weighted by molar-refractivity contribution is 0.359. The summed E-state index contributed by atoms with van der Waals surface area (Å²) < 4.78 is 12.8. The third-order valence-corrected chi connectivity index (χ3v) is 12.3. The van der Waals surface area contributed by atoms with Gasteiger partial charge < -0.3 is 9.47 Å². The summed E-state index contributed by atoms with van der Waals surface area (Å²) in [6.45, 7) is 0. The van der Waals surface area contributed by atoms with Crippen LogP contribution in [0.15, 0.2) is 224 Å². The van der Waals surface area contributed by atoms with Gasteiger partial charge >= 0.3 is 0 Å². The van der Waals surface area contributed by atoms with Gasteiger partial charge in [0.1, 0.15) is 0 Å². The first-order valence-corrected chi connectivity index (χ1v) is 21.2. The van der Waals surface area contributed by atoms with Crippen molar-refractivity contribution in [3.05, 3.63) is 247 Å². The molecule has 63 heavy (non-hydrogen) atoms. The van der Waals surface area contributed by atoms with Gasteiger partial charge in [0.05, 0.1) is 5.41 Å². The number of rotatable bonds is 7. The van der Waals surface area contributed by atoms with E-state index < -0.39 is 5.41 Å². The Morgan fingerprint density at radius 2 is 0.667 bits per heavy atom. The average Bonchev–Trinajstić information content (AvgIpc) is 3.67. The Labute approximate surface area is 365 Å². The van der Waals surface area contributed by atoms with Crippen molar-refractivity contribution in [3.63, 3.8) is 0 Å². The largest absolute Gasteiger partial charge is 0.450 e. The van der Waals surface area contributed by atoms with Crippen molar-refractivity contribution in [2.45, 2.75) is 5.41 Å². The van der Waals surface area contributed by atoms with Crippen molar-refractivity contribution in [2.24, 2.45) is 0 Å². The minimum atomic E-state index is -0.590. The topological polar surface area (TPSA) is 57.1 Å². The summed E-state index contributed by atoms with van der Waals surface area (Å²) in [4.78, 5) is 14.7. The van der Waals surface area contributed by atoms with Crippen molar-refractivity contribution >= 4 is 0 Å². The van der Waals surface area contributed by atoms with Crippen molar-refractivity contribution < 1.29 is 9.47 Å². The van der Waals surface area contributed by atoms with E-state index in [2.05, 4.69) is 133 Å². The van der Waals surface area contributed by atoms with E-state index in [1.807, 2.05) is 91.0 Å². The molecule has 0 saturated heterocycles. The second-order valence-corrected chi connectivity index (χ2v) is 15.9. The van der Waals surface area contributed by atoms with Crippen molar-refractivity contribution in [2.75, 3.05) is 0 Å². The summed E-state index contributed by atoms with van der Waals surface area (Å²) in [5, 5.41) is 0. The Kier molecular flexibility index (Phi) is 8.64. The molecule has 1 aliphatic heterocycles. The number of benzene rings is 9. The van der Waals surface area contributed by atoms with Crippen LogP contribution in [0.3, 0.4) is 0 Å². The zero-order chi connectivity index (χ0) is 41.7. The fourth-order valence-corrected chi connectivity index (χ4v) is 9.33. The van der Waals surface area contributed by atoms with Crippen LogP contribution < -0.4 is 9.47 Å². The smallest absolute Gasteiger partial charge is 0.170 e. The van der Waals surface area contributed by atoms with E-state index in [4.69, 9.17) is 24.4 Å². The zero-order valence-electron chi connectivity index (χ0n) is 34.0. The highest BCUT2D eigenvalue weighted by molar-refractivity contribution is 5.87. The average molecular weight is 808 g/mol. The summed E-state index contributed by atoms with van der Waals surface area (Å²) in [5.74, 6) is 4.76. The van der Waals surface area contributed by atoms with E-state index in [9.17, 15) is 0 Å². The molecule has 9 aromatic carbocycles. The van der Waals surface area contributed by atoms with Crippen LogP contribution in [-0.2, 0) is 5.41 Å². The third-order valence-electron chi connectivity index (χ3n) is 12.3. The van der Waals surface area contributed by atoms with Crippen LogP contribution in [-0.4, -0.2) is 15.0 Å². The van der Waals surface area contributed by atoms with E-state index in [0.29, 0.717) is 34.7 Å². The highest BCUT2D eigenvalue weighted by Crippen LogP contribution is 2.58. The van der Waals surface area contributed by atoms with Gasteiger partial charge in [0.15, 0.2) is 40.5 Å². The van der Waals surface area contributed by atoms with Crippen molar-refractivity contribution in [1.82, 2.24) is 15.0 Å². The molecule has 5 heteroatoms. The van der Waals surface area contributed by atoms with Gasteiger partial charge in [0, 0.05) is 16.7 Å². The molecule has 12 rings (SSSR count). The molecule has 0 saturated carbocycles. The van der Waals surface area contributed by atoms with Crippen molar-refractivity contribution in [1.29, 1.82) is 0 Å². The normalized spacial score (nSPS) is 12.8. The predicted octanol–water partition coefficient (Wildman–Crippen LogP) is 14.5. The van der Waals surface area contributed by atoms with Crippen LogP contribution in [0, 0.1) is 0 Å². The quantitative estimate of drug-likeness (QED) is 0.161. The zero-order valence-corrected chi connectivity index (χ0v) is 34.0. The van der Waals surface area contributed by atoms with E-state index in [-0.39, 0.29) is 0 Å². The highest BCUT2D eigenvalue weighted by Gasteiger charge is 2.46. The standard InChI is InChI=1S/C58H37N3O2/c1-3-14-40(15-4-1)55-59-56(41-16-5-2-6-17-41)61-57(60-55)42-28-26-38(27-29-42)43-18-13-19-44(36-43)39-30-32-45(33-31-39)58(49-22-9-7-20-47(49)48-21-8-10-23-50(48)58)46-34-35-53-54(37-46)63-52-25-12-11-24-51(52)62-53/h1-37H. The minimum Gasteiger partial charge on any atom is -0.450 e. The molecule has 0 unspecified atom stereocenters. The number of aromatic nitrogens is 3. The molecule has 0 bridgehead atoms. The van der Waals surface area contributed by atoms with Gasteiger partial charge in [-0.05, 0) is 86.0 Å². The fraction of sp³-hybridized carbons (Fsp3) is 0.0172. The second-order valence-electron chi connectivity index (χ2n) is 15.9. The number of ether oxygens (including phenoxy) is 2. The fourth-order valence-electron chi connectivity index (χ4n) is 9.33. The molecule has 2 heterocycles. The lowest BCUT2D eigenvalue weighted by Gasteiger charge is -2.34. The summed E-state index contributed by atoms with van der Waals surface area (Å²) in [6, 6.07) is 78.3. The maximum atomic E-state index is 6.50. The number of hydrogen-bond acceptors (Lipinski definition) is 5. The molecule has 10 aromatic rings. The SMILES string of the molecule is c1ccc(-c2nc(-c3ccccc3)nc(-c3ccc(-c4cccc(-c5ccc(C6(c7ccc8c(c7)Oc7ccccc7O8)c7ccccc7-c7ccccc76)cc5)c4)cc3)n2)cc1. The highest BCUT2D eigenvalue weighted by atomic mass is 16.6. The molecule has 0 radical (unpaired) electrons. The maximum absolute atomic E-state index is 6.50. The van der Waals surface area contributed by atoms with Gasteiger partial charge in [-0.15, -0.1) is 0 Å². The van der Waals surface area contributed by atoms with Crippen LogP contribution in [0.2, 0.25) is 0 Å². The first kappa shape index (κ1) is 36.4. The third kappa shape index (κ3) is 6.21. The Morgan fingerprint density at radius 1 is 0.270 bits per heavy atom. The molecule has 0 N–H and O–H groups in total. The van der Waals surface area contributed by atoms with Crippen LogP contribution in [0.4, 0.5) is 0 Å².